The van der Waals surface area contributed by atoms with E-state index < -0.39 is 28.0 Å². The Labute approximate surface area is 169 Å². The number of ketones is 1. The van der Waals surface area contributed by atoms with Crippen LogP contribution in [0.1, 0.15) is 41.5 Å². The number of esters is 1. The molecular formula is C20H22N2O6S. The zero-order valence-electron chi connectivity index (χ0n) is 16.3. The SMILES string of the molecule is CCNC(=O)[C@H](C)OC(=O)c1ccc(NS(=O)(=O)c2ccc(C(C)=O)cc2)cc1. The standard InChI is InChI=1S/C20H22N2O6S/c1-4-21-19(24)14(3)28-20(25)16-5-9-17(10-6-16)22-29(26,27)18-11-7-15(8-12-18)13(2)23/h5-12,14,22H,4H2,1-3H3,(H,21,24)/t14-/m0/s1. The van der Waals surface area contributed by atoms with Gasteiger partial charge in [0, 0.05) is 17.8 Å². The number of sulfonamides is 1. The van der Waals surface area contributed by atoms with Gasteiger partial charge >= 0.3 is 5.97 Å². The number of nitrogens with one attached hydrogen (secondary N) is 2. The van der Waals surface area contributed by atoms with Crippen LogP contribution in [0.25, 0.3) is 0 Å². The summed E-state index contributed by atoms with van der Waals surface area (Å²) in [5.74, 6) is -1.26. The maximum absolute atomic E-state index is 12.5. The highest BCUT2D eigenvalue weighted by atomic mass is 32.2. The average molecular weight is 418 g/mol. The van der Waals surface area contributed by atoms with Crippen molar-refractivity contribution < 1.29 is 27.5 Å². The first-order chi connectivity index (χ1) is 13.6. The van der Waals surface area contributed by atoms with Crippen molar-refractivity contribution >= 4 is 33.4 Å². The zero-order chi connectivity index (χ0) is 21.6. The van der Waals surface area contributed by atoms with Gasteiger partial charge in [-0.15, -0.1) is 0 Å². The number of hydrogen-bond donors (Lipinski definition) is 2. The van der Waals surface area contributed by atoms with Gasteiger partial charge in [-0.25, -0.2) is 13.2 Å². The van der Waals surface area contributed by atoms with E-state index in [4.69, 9.17) is 4.74 Å². The average Bonchev–Trinajstić information content (AvgIpc) is 2.68. The monoisotopic (exact) mass is 418 g/mol. The van der Waals surface area contributed by atoms with Crippen LogP contribution in [0.5, 0.6) is 0 Å². The largest absolute Gasteiger partial charge is 0.449 e. The van der Waals surface area contributed by atoms with Crippen LogP contribution in [0.3, 0.4) is 0 Å². The first-order valence-corrected chi connectivity index (χ1v) is 10.3. The number of hydrogen-bond acceptors (Lipinski definition) is 6. The second-order valence-corrected chi connectivity index (χ2v) is 7.89. The highest BCUT2D eigenvalue weighted by Gasteiger charge is 2.19. The van der Waals surface area contributed by atoms with Crippen LogP contribution in [-0.4, -0.2) is 38.7 Å². The van der Waals surface area contributed by atoms with Gasteiger partial charge in [0.05, 0.1) is 10.5 Å². The molecule has 0 aliphatic heterocycles. The van der Waals surface area contributed by atoms with Crippen molar-refractivity contribution in [3.05, 3.63) is 59.7 Å². The highest BCUT2D eigenvalue weighted by Crippen LogP contribution is 2.18. The summed E-state index contributed by atoms with van der Waals surface area (Å²) in [6.07, 6.45) is -0.946. The third-order valence-corrected chi connectivity index (χ3v) is 5.35. The first-order valence-electron chi connectivity index (χ1n) is 8.86. The molecule has 0 bridgehead atoms. The van der Waals surface area contributed by atoms with Gasteiger partial charge in [-0.1, -0.05) is 12.1 Å². The molecule has 2 aromatic rings. The minimum atomic E-state index is -3.86. The number of rotatable bonds is 8. The predicted octanol–water partition coefficient (Wildman–Crippen LogP) is 2.37. The molecule has 0 fully saturated rings. The summed E-state index contributed by atoms with van der Waals surface area (Å²) >= 11 is 0. The molecule has 0 radical (unpaired) electrons. The van der Waals surface area contributed by atoms with Gasteiger partial charge < -0.3 is 10.1 Å². The number of benzene rings is 2. The molecular weight excluding hydrogens is 396 g/mol. The Morgan fingerprint density at radius 3 is 2.03 bits per heavy atom. The zero-order valence-corrected chi connectivity index (χ0v) is 17.1. The molecule has 1 amide bonds. The van der Waals surface area contributed by atoms with Crippen LogP contribution >= 0.6 is 0 Å². The van der Waals surface area contributed by atoms with Crippen LogP contribution in [0.2, 0.25) is 0 Å². The molecule has 8 nitrogen and oxygen atoms in total. The van der Waals surface area contributed by atoms with E-state index in [1.54, 1.807) is 6.92 Å². The van der Waals surface area contributed by atoms with Crippen LogP contribution in [0, 0.1) is 0 Å². The summed E-state index contributed by atoms with van der Waals surface area (Å²) in [6, 6.07) is 11.2. The molecule has 29 heavy (non-hydrogen) atoms. The van der Waals surface area contributed by atoms with E-state index in [1.807, 2.05) is 0 Å². The summed E-state index contributed by atoms with van der Waals surface area (Å²) in [7, 11) is -3.86. The number of ether oxygens (including phenoxy) is 1. The van der Waals surface area contributed by atoms with Crippen molar-refractivity contribution in [2.45, 2.75) is 31.8 Å². The Hall–Kier alpha value is -3.20. The molecule has 0 spiro atoms. The van der Waals surface area contributed by atoms with E-state index in [0.29, 0.717) is 12.1 Å². The van der Waals surface area contributed by atoms with Crippen molar-refractivity contribution in [1.82, 2.24) is 5.32 Å². The highest BCUT2D eigenvalue weighted by molar-refractivity contribution is 7.92. The van der Waals surface area contributed by atoms with Crippen LogP contribution in [-0.2, 0) is 19.6 Å². The number of carbonyl (C=O) groups excluding carboxylic acids is 3. The summed E-state index contributed by atoms with van der Waals surface area (Å²) < 4.78 is 32.4. The first kappa shape index (κ1) is 22.1. The Morgan fingerprint density at radius 2 is 1.52 bits per heavy atom. The van der Waals surface area contributed by atoms with Gasteiger partial charge in [0.2, 0.25) is 0 Å². The number of carbonyl (C=O) groups is 3. The quantitative estimate of drug-likeness (QED) is 0.502. The Kier molecular flexibility index (Phi) is 7.11. The predicted molar refractivity (Wildman–Crippen MR) is 107 cm³/mol. The van der Waals surface area contributed by atoms with Crippen molar-refractivity contribution in [3.63, 3.8) is 0 Å². The summed E-state index contributed by atoms with van der Waals surface area (Å²) in [4.78, 5) is 35.0. The summed E-state index contributed by atoms with van der Waals surface area (Å²) in [5, 5.41) is 2.55. The van der Waals surface area contributed by atoms with Crippen LogP contribution < -0.4 is 10.0 Å². The van der Waals surface area contributed by atoms with Crippen molar-refractivity contribution in [2.24, 2.45) is 0 Å². The Balaban J connectivity index is 2.06. The lowest BCUT2D eigenvalue weighted by atomic mass is 10.2. The topological polar surface area (TPSA) is 119 Å². The molecule has 0 saturated carbocycles. The van der Waals surface area contributed by atoms with Gasteiger partial charge in [0.1, 0.15) is 0 Å². The molecule has 0 unspecified atom stereocenters. The lowest BCUT2D eigenvalue weighted by molar-refractivity contribution is -0.128. The normalized spacial score (nSPS) is 12.0. The Bertz CT molecular complexity index is 998. The van der Waals surface area contributed by atoms with Crippen molar-refractivity contribution in [1.29, 1.82) is 0 Å². The van der Waals surface area contributed by atoms with Gasteiger partial charge in [0.25, 0.3) is 15.9 Å². The fourth-order valence-electron chi connectivity index (χ4n) is 2.36. The molecule has 2 aromatic carbocycles. The second-order valence-electron chi connectivity index (χ2n) is 6.21. The summed E-state index contributed by atoms with van der Waals surface area (Å²) in [5.41, 5.74) is 0.831. The molecule has 1 atom stereocenters. The molecule has 2 N–H and O–H groups in total. The number of anilines is 1. The maximum atomic E-state index is 12.5. The molecule has 0 aliphatic rings. The number of likely N-dealkylation sites (N-methyl/N-ethyl adjacent to an activating group) is 1. The molecule has 0 aromatic heterocycles. The number of amides is 1. The molecule has 2 rings (SSSR count). The number of Topliss-reactive ketones (excluding diaryl/α,β-unsaturated/α-hetero) is 1. The fourth-order valence-corrected chi connectivity index (χ4v) is 3.42. The summed E-state index contributed by atoms with van der Waals surface area (Å²) in [6.45, 7) is 5.03. The van der Waals surface area contributed by atoms with E-state index in [-0.39, 0.29) is 21.9 Å². The lowest BCUT2D eigenvalue weighted by Crippen LogP contribution is -2.35. The third kappa shape index (κ3) is 5.89. The minimum absolute atomic E-state index is 0.00162. The van der Waals surface area contributed by atoms with Gasteiger partial charge in [-0.3, -0.25) is 14.3 Å². The Morgan fingerprint density at radius 1 is 0.966 bits per heavy atom. The lowest BCUT2D eigenvalue weighted by Gasteiger charge is -2.13. The molecule has 154 valence electrons. The minimum Gasteiger partial charge on any atom is -0.449 e. The van der Waals surface area contributed by atoms with E-state index in [2.05, 4.69) is 10.0 Å². The van der Waals surface area contributed by atoms with E-state index >= 15 is 0 Å². The van der Waals surface area contributed by atoms with E-state index in [1.165, 1.54) is 62.4 Å². The molecule has 0 heterocycles. The van der Waals surface area contributed by atoms with Crippen LogP contribution in [0.15, 0.2) is 53.4 Å². The maximum Gasteiger partial charge on any atom is 0.338 e. The van der Waals surface area contributed by atoms with Crippen LogP contribution in [0.4, 0.5) is 5.69 Å². The smallest absolute Gasteiger partial charge is 0.338 e. The van der Waals surface area contributed by atoms with E-state index in [0.717, 1.165) is 0 Å². The fraction of sp³-hybridized carbons (Fsp3) is 0.250. The van der Waals surface area contributed by atoms with Gasteiger partial charge in [0.15, 0.2) is 11.9 Å². The molecule has 9 heteroatoms. The molecule has 0 saturated heterocycles. The van der Waals surface area contributed by atoms with Gasteiger partial charge in [-0.05, 0) is 57.2 Å². The van der Waals surface area contributed by atoms with Crippen molar-refractivity contribution in [3.8, 4) is 0 Å². The van der Waals surface area contributed by atoms with E-state index in [9.17, 15) is 22.8 Å². The van der Waals surface area contributed by atoms with Crippen molar-refractivity contribution in [2.75, 3.05) is 11.3 Å². The third-order valence-electron chi connectivity index (χ3n) is 3.95. The van der Waals surface area contributed by atoms with Gasteiger partial charge in [-0.2, -0.15) is 0 Å². The second kappa shape index (κ2) is 9.33. The molecule has 0 aliphatic carbocycles.